The van der Waals surface area contributed by atoms with Crippen LogP contribution in [0, 0.1) is 12.3 Å². The van der Waals surface area contributed by atoms with Gasteiger partial charge in [0.05, 0.1) is 17.0 Å². The minimum atomic E-state index is -0.523. The summed E-state index contributed by atoms with van der Waals surface area (Å²) in [5.41, 5.74) is -0.523. The number of carbonyl (C=O) groups is 1. The van der Waals surface area contributed by atoms with Crippen LogP contribution in [-0.4, -0.2) is 43.0 Å². The average molecular weight is 340 g/mol. The quantitative estimate of drug-likeness (QED) is 0.498. The summed E-state index contributed by atoms with van der Waals surface area (Å²) in [5, 5.41) is 10.5. The van der Waals surface area contributed by atoms with Gasteiger partial charge in [-0.25, -0.2) is 4.98 Å². The molecule has 7 heteroatoms. The van der Waals surface area contributed by atoms with Crippen LogP contribution in [0.5, 0.6) is 0 Å². The fourth-order valence-corrected chi connectivity index (χ4v) is 2.68. The Labute approximate surface area is 143 Å². The number of thiazole rings is 1. The van der Waals surface area contributed by atoms with E-state index in [9.17, 15) is 4.79 Å². The number of aryl methyl sites for hydroxylation is 1. The monoisotopic (exact) mass is 339 g/mol. The van der Waals surface area contributed by atoms with Gasteiger partial charge in [0.2, 0.25) is 5.91 Å². The van der Waals surface area contributed by atoms with Crippen molar-refractivity contribution in [3.05, 3.63) is 16.1 Å². The Balaban J connectivity index is 2.53. The molecule has 0 aliphatic carbocycles. The molecule has 6 nitrogen and oxygen atoms in total. The lowest BCUT2D eigenvalue weighted by molar-refractivity contribution is -0.128. The van der Waals surface area contributed by atoms with Crippen molar-refractivity contribution in [2.75, 3.05) is 26.2 Å². The third-order valence-electron chi connectivity index (χ3n) is 3.23. The predicted octanol–water partition coefficient (Wildman–Crippen LogP) is 1.71. The fourth-order valence-electron chi connectivity index (χ4n) is 1.89. The number of nitrogens with zero attached hydrogens (tertiary/aromatic N) is 2. The van der Waals surface area contributed by atoms with E-state index in [1.54, 1.807) is 11.3 Å². The minimum absolute atomic E-state index is 0.0258. The summed E-state index contributed by atoms with van der Waals surface area (Å²) in [6, 6.07) is 0. The predicted molar refractivity (Wildman–Crippen MR) is 97.0 cm³/mol. The fraction of sp³-hybridized carbons (Fsp3) is 0.688. The Morgan fingerprint density at radius 2 is 1.96 bits per heavy atom. The summed E-state index contributed by atoms with van der Waals surface area (Å²) in [6.07, 6.45) is 2.76. The van der Waals surface area contributed by atoms with E-state index in [0.29, 0.717) is 13.1 Å². The molecule has 23 heavy (non-hydrogen) atoms. The van der Waals surface area contributed by atoms with Gasteiger partial charge < -0.3 is 16.0 Å². The van der Waals surface area contributed by atoms with Gasteiger partial charge in [0.15, 0.2) is 5.96 Å². The first-order valence-electron chi connectivity index (χ1n) is 8.10. The molecule has 0 saturated heterocycles. The van der Waals surface area contributed by atoms with Crippen molar-refractivity contribution < 1.29 is 4.79 Å². The largest absolute Gasteiger partial charge is 0.357 e. The van der Waals surface area contributed by atoms with Crippen LogP contribution in [0.15, 0.2) is 11.2 Å². The average Bonchev–Trinajstić information content (AvgIpc) is 2.90. The summed E-state index contributed by atoms with van der Waals surface area (Å²) in [7, 11) is 0. The molecule has 0 aliphatic heterocycles. The highest BCUT2D eigenvalue weighted by Gasteiger charge is 2.26. The second-order valence-corrected chi connectivity index (χ2v) is 7.30. The molecule has 0 unspecified atom stereocenters. The standard InChI is InChI=1S/C16H29N5OS/c1-6-17-14(22)16(4,5)11-21-15(18-7-2)19-9-8-13-20-10-12(3)23-13/h10H,6-9,11H2,1-5H3,(H,17,22)(H2,18,19,21). The van der Waals surface area contributed by atoms with E-state index < -0.39 is 5.41 Å². The number of amides is 1. The van der Waals surface area contributed by atoms with E-state index in [1.807, 2.05) is 33.9 Å². The van der Waals surface area contributed by atoms with Gasteiger partial charge in [-0.2, -0.15) is 0 Å². The maximum Gasteiger partial charge on any atom is 0.227 e. The summed E-state index contributed by atoms with van der Waals surface area (Å²) in [5.74, 6) is 0.760. The third kappa shape index (κ3) is 6.99. The number of aromatic nitrogens is 1. The van der Waals surface area contributed by atoms with E-state index in [0.717, 1.165) is 30.5 Å². The van der Waals surface area contributed by atoms with Crippen LogP contribution >= 0.6 is 11.3 Å². The van der Waals surface area contributed by atoms with Gasteiger partial charge in [0.25, 0.3) is 0 Å². The lowest BCUT2D eigenvalue weighted by Crippen LogP contribution is -2.42. The number of hydrogen-bond donors (Lipinski definition) is 3. The molecule has 1 aromatic rings. The molecular formula is C16H29N5OS. The van der Waals surface area contributed by atoms with Crippen molar-refractivity contribution in [1.29, 1.82) is 0 Å². The van der Waals surface area contributed by atoms with Gasteiger partial charge in [0, 0.05) is 37.1 Å². The molecule has 0 bridgehead atoms. The SMILES string of the molecule is CCNC(=O)C(C)(C)CN=C(NCC)NCCc1ncc(C)s1. The molecule has 0 atom stereocenters. The highest BCUT2D eigenvalue weighted by atomic mass is 32.1. The molecule has 1 aromatic heterocycles. The topological polar surface area (TPSA) is 78.4 Å². The molecule has 0 saturated carbocycles. The summed E-state index contributed by atoms with van der Waals surface area (Å²) >= 11 is 1.72. The van der Waals surface area contributed by atoms with Crippen molar-refractivity contribution in [3.8, 4) is 0 Å². The first-order chi connectivity index (χ1) is 10.9. The molecule has 0 aromatic carbocycles. The molecule has 0 radical (unpaired) electrons. The zero-order valence-corrected chi connectivity index (χ0v) is 15.6. The van der Waals surface area contributed by atoms with Gasteiger partial charge in [-0.1, -0.05) is 0 Å². The molecule has 1 amide bonds. The van der Waals surface area contributed by atoms with E-state index in [4.69, 9.17) is 0 Å². The molecule has 1 heterocycles. The van der Waals surface area contributed by atoms with Crippen molar-refractivity contribution >= 4 is 23.2 Å². The summed E-state index contributed by atoms with van der Waals surface area (Å²) in [6.45, 7) is 12.4. The molecule has 1 rings (SSSR count). The summed E-state index contributed by atoms with van der Waals surface area (Å²) in [4.78, 5) is 22.1. The van der Waals surface area contributed by atoms with Crippen molar-refractivity contribution in [3.63, 3.8) is 0 Å². The van der Waals surface area contributed by atoms with E-state index in [-0.39, 0.29) is 5.91 Å². The Hall–Kier alpha value is -1.63. The normalized spacial score (nSPS) is 12.1. The highest BCUT2D eigenvalue weighted by Crippen LogP contribution is 2.15. The highest BCUT2D eigenvalue weighted by molar-refractivity contribution is 7.11. The van der Waals surface area contributed by atoms with Crippen LogP contribution < -0.4 is 16.0 Å². The molecule has 0 fully saturated rings. The van der Waals surface area contributed by atoms with Crippen LogP contribution in [0.25, 0.3) is 0 Å². The Morgan fingerprint density at radius 1 is 1.26 bits per heavy atom. The maximum atomic E-state index is 12.0. The first kappa shape index (κ1) is 19.4. The van der Waals surface area contributed by atoms with Crippen molar-refractivity contribution in [2.24, 2.45) is 10.4 Å². The molecule has 130 valence electrons. The summed E-state index contributed by atoms with van der Waals surface area (Å²) < 4.78 is 0. The van der Waals surface area contributed by atoms with Crippen LogP contribution in [-0.2, 0) is 11.2 Å². The smallest absolute Gasteiger partial charge is 0.227 e. The zero-order chi connectivity index (χ0) is 17.3. The Bertz CT molecular complexity index is 524. The molecule has 0 spiro atoms. The van der Waals surface area contributed by atoms with Gasteiger partial charge in [-0.15, -0.1) is 11.3 Å². The van der Waals surface area contributed by atoms with Crippen LogP contribution in [0.1, 0.15) is 37.6 Å². The number of rotatable bonds is 8. The zero-order valence-electron chi connectivity index (χ0n) is 14.8. The minimum Gasteiger partial charge on any atom is -0.357 e. The van der Waals surface area contributed by atoms with E-state index in [2.05, 4.69) is 32.9 Å². The van der Waals surface area contributed by atoms with Crippen LogP contribution in [0.3, 0.4) is 0 Å². The van der Waals surface area contributed by atoms with E-state index in [1.165, 1.54) is 4.88 Å². The van der Waals surface area contributed by atoms with Crippen LogP contribution in [0.4, 0.5) is 0 Å². The molecule has 3 N–H and O–H groups in total. The van der Waals surface area contributed by atoms with Gasteiger partial charge >= 0.3 is 0 Å². The number of carbonyl (C=O) groups excluding carboxylic acids is 1. The van der Waals surface area contributed by atoms with Gasteiger partial charge in [-0.3, -0.25) is 9.79 Å². The third-order valence-corrected chi connectivity index (χ3v) is 4.20. The van der Waals surface area contributed by atoms with E-state index >= 15 is 0 Å². The lowest BCUT2D eigenvalue weighted by atomic mass is 9.92. The Morgan fingerprint density at radius 3 is 2.52 bits per heavy atom. The number of hydrogen-bond acceptors (Lipinski definition) is 4. The molecule has 0 aliphatic rings. The van der Waals surface area contributed by atoms with Crippen molar-refractivity contribution in [1.82, 2.24) is 20.9 Å². The molecular weight excluding hydrogens is 310 g/mol. The van der Waals surface area contributed by atoms with Crippen molar-refractivity contribution in [2.45, 2.75) is 41.0 Å². The number of guanidine groups is 1. The second kappa shape index (κ2) is 9.50. The van der Waals surface area contributed by atoms with Gasteiger partial charge in [-0.05, 0) is 34.6 Å². The number of aliphatic imine (C=N–C) groups is 1. The first-order valence-corrected chi connectivity index (χ1v) is 8.92. The number of nitrogens with one attached hydrogen (secondary N) is 3. The Kier molecular flexibility index (Phi) is 8.02. The maximum absolute atomic E-state index is 12.0. The van der Waals surface area contributed by atoms with Crippen LogP contribution in [0.2, 0.25) is 0 Å². The second-order valence-electron chi connectivity index (χ2n) is 5.98. The lowest BCUT2D eigenvalue weighted by Gasteiger charge is -2.22. The van der Waals surface area contributed by atoms with Gasteiger partial charge in [0.1, 0.15) is 0 Å².